The largest absolute Gasteiger partial charge is 0.396 e. The van der Waals surface area contributed by atoms with Crippen LogP contribution in [0, 0.1) is 15.5 Å². The van der Waals surface area contributed by atoms with Gasteiger partial charge in [-0.05, 0) is 17.7 Å². The predicted molar refractivity (Wildman–Crippen MR) is 66.4 cm³/mol. The molecule has 0 aromatic heterocycles. The average Bonchev–Trinajstić information content (AvgIpc) is 2.45. The minimum Gasteiger partial charge on any atom is -0.396 e. The van der Waals surface area contributed by atoms with E-state index in [0.717, 1.165) is 5.56 Å². The molecule has 0 fully saturated rings. The summed E-state index contributed by atoms with van der Waals surface area (Å²) in [6.45, 7) is -0.992. The van der Waals surface area contributed by atoms with E-state index in [1.165, 1.54) is 12.1 Å². The van der Waals surface area contributed by atoms with Gasteiger partial charge in [-0.2, -0.15) is 0 Å². The van der Waals surface area contributed by atoms with Gasteiger partial charge < -0.3 is 20.1 Å². The van der Waals surface area contributed by atoms with Crippen LogP contribution in [0.5, 0.6) is 0 Å². The summed E-state index contributed by atoms with van der Waals surface area (Å²) in [5, 5.41) is 37.8. The molecule has 0 unspecified atom stereocenters. The van der Waals surface area contributed by atoms with Gasteiger partial charge in [0.15, 0.2) is 0 Å². The van der Waals surface area contributed by atoms with E-state index in [2.05, 4.69) is 0 Å². The fraction of sp³-hybridized carbons (Fsp3) is 0.500. The maximum Gasteiger partial charge on any atom is 0.269 e. The zero-order chi connectivity index (χ0) is 14.3. The molecule has 0 heterocycles. The molecule has 0 bridgehead atoms. The third-order valence-corrected chi connectivity index (χ3v) is 2.83. The number of nitro groups is 1. The minimum atomic E-state index is -1.07. The second-order valence-electron chi connectivity index (χ2n) is 4.39. The van der Waals surface area contributed by atoms with Crippen LogP contribution in [0.2, 0.25) is 0 Å². The zero-order valence-corrected chi connectivity index (χ0v) is 10.4. The Morgan fingerprint density at radius 1 is 1.11 bits per heavy atom. The molecular formula is C12H17NO6. The Balaban J connectivity index is 2.51. The number of hydrogen-bond donors (Lipinski definition) is 3. The topological polar surface area (TPSA) is 113 Å². The molecule has 0 aliphatic heterocycles. The molecule has 0 saturated heterocycles. The van der Waals surface area contributed by atoms with Crippen molar-refractivity contribution in [3.63, 3.8) is 0 Å². The first-order chi connectivity index (χ1) is 9.06. The van der Waals surface area contributed by atoms with Crippen LogP contribution in [0.15, 0.2) is 24.3 Å². The number of nitrogens with zero attached hydrogens (tertiary/aromatic N) is 1. The maximum absolute atomic E-state index is 10.5. The number of benzene rings is 1. The summed E-state index contributed by atoms with van der Waals surface area (Å²) in [6, 6.07) is 5.87. The Labute approximate surface area is 110 Å². The lowest BCUT2D eigenvalue weighted by Crippen LogP contribution is -2.38. The lowest BCUT2D eigenvalue weighted by molar-refractivity contribution is -0.384. The molecule has 0 radical (unpaired) electrons. The van der Waals surface area contributed by atoms with Crippen molar-refractivity contribution in [2.24, 2.45) is 5.41 Å². The van der Waals surface area contributed by atoms with Gasteiger partial charge in [-0.1, -0.05) is 0 Å². The Bertz CT molecular complexity index is 393. The maximum atomic E-state index is 10.5. The molecule has 19 heavy (non-hydrogen) atoms. The molecule has 7 nitrogen and oxygen atoms in total. The van der Waals surface area contributed by atoms with Gasteiger partial charge in [0, 0.05) is 12.1 Å². The van der Waals surface area contributed by atoms with Gasteiger partial charge in [0.2, 0.25) is 0 Å². The van der Waals surface area contributed by atoms with Crippen molar-refractivity contribution in [2.75, 3.05) is 26.4 Å². The normalized spacial score (nSPS) is 11.5. The standard InChI is InChI=1S/C12H17NO6/c14-6-12(7-15,8-16)9-19-5-10-1-3-11(4-2-10)13(17)18/h1-4,14-16H,5-9H2. The van der Waals surface area contributed by atoms with Crippen molar-refractivity contribution in [1.29, 1.82) is 0 Å². The summed E-state index contributed by atoms with van der Waals surface area (Å²) >= 11 is 0. The van der Waals surface area contributed by atoms with Crippen LogP contribution in [0.3, 0.4) is 0 Å². The fourth-order valence-electron chi connectivity index (χ4n) is 1.39. The summed E-state index contributed by atoms with van der Waals surface area (Å²) in [6.07, 6.45) is 0. The Morgan fingerprint density at radius 2 is 1.63 bits per heavy atom. The number of aliphatic hydroxyl groups excluding tert-OH is 3. The van der Waals surface area contributed by atoms with E-state index in [1.54, 1.807) is 12.1 Å². The number of nitro benzene ring substituents is 1. The molecule has 0 amide bonds. The summed E-state index contributed by atoms with van der Waals surface area (Å²) in [4.78, 5) is 9.98. The van der Waals surface area contributed by atoms with Crippen molar-refractivity contribution < 1.29 is 25.0 Å². The minimum absolute atomic E-state index is 0.000767. The Kier molecular flexibility index (Phi) is 5.84. The second-order valence-corrected chi connectivity index (χ2v) is 4.39. The van der Waals surface area contributed by atoms with E-state index in [9.17, 15) is 10.1 Å². The highest BCUT2D eigenvalue weighted by molar-refractivity contribution is 5.32. The fourth-order valence-corrected chi connectivity index (χ4v) is 1.39. The summed E-state index contributed by atoms with van der Waals surface area (Å²) in [5.41, 5.74) is -0.340. The smallest absolute Gasteiger partial charge is 0.269 e. The molecule has 106 valence electrons. The Hall–Kier alpha value is -1.54. The molecule has 3 N–H and O–H groups in total. The molecule has 0 atom stereocenters. The van der Waals surface area contributed by atoms with E-state index in [0.29, 0.717) is 0 Å². The highest BCUT2D eigenvalue weighted by Gasteiger charge is 2.28. The van der Waals surface area contributed by atoms with Gasteiger partial charge in [-0.25, -0.2) is 0 Å². The van der Waals surface area contributed by atoms with Crippen LogP contribution in [0.1, 0.15) is 5.56 Å². The highest BCUT2D eigenvalue weighted by atomic mass is 16.6. The Morgan fingerprint density at radius 3 is 2.05 bits per heavy atom. The first-order valence-electron chi connectivity index (χ1n) is 5.70. The predicted octanol–water partition coefficient (Wildman–Crippen LogP) is 0.0747. The molecule has 0 aliphatic rings. The van der Waals surface area contributed by atoms with E-state index in [4.69, 9.17) is 20.1 Å². The molecule has 1 rings (SSSR count). The van der Waals surface area contributed by atoms with Gasteiger partial charge in [-0.3, -0.25) is 10.1 Å². The molecular weight excluding hydrogens is 254 g/mol. The van der Waals surface area contributed by atoms with Crippen LogP contribution in [-0.2, 0) is 11.3 Å². The van der Waals surface area contributed by atoms with Crippen LogP contribution in [0.4, 0.5) is 5.69 Å². The highest BCUT2D eigenvalue weighted by Crippen LogP contribution is 2.17. The number of hydrogen-bond acceptors (Lipinski definition) is 6. The van der Waals surface area contributed by atoms with Gasteiger partial charge in [-0.15, -0.1) is 0 Å². The van der Waals surface area contributed by atoms with Crippen LogP contribution < -0.4 is 0 Å². The number of rotatable bonds is 8. The second kappa shape index (κ2) is 7.15. The quantitative estimate of drug-likeness (QED) is 0.455. The van der Waals surface area contributed by atoms with Crippen molar-refractivity contribution >= 4 is 5.69 Å². The summed E-state index contributed by atoms with van der Waals surface area (Å²) in [7, 11) is 0. The van der Waals surface area contributed by atoms with Crippen molar-refractivity contribution in [3.05, 3.63) is 39.9 Å². The van der Waals surface area contributed by atoms with Crippen LogP contribution in [0.25, 0.3) is 0 Å². The van der Waals surface area contributed by atoms with E-state index in [1.807, 2.05) is 0 Å². The summed E-state index contributed by atoms with van der Waals surface area (Å²) in [5.74, 6) is 0. The number of ether oxygens (including phenoxy) is 1. The van der Waals surface area contributed by atoms with Crippen LogP contribution in [-0.4, -0.2) is 46.7 Å². The summed E-state index contributed by atoms with van der Waals surface area (Å²) < 4.78 is 5.31. The average molecular weight is 271 g/mol. The zero-order valence-electron chi connectivity index (χ0n) is 10.4. The number of aliphatic hydroxyl groups is 3. The SMILES string of the molecule is O=[N+]([O-])c1ccc(COCC(CO)(CO)CO)cc1. The molecule has 1 aromatic carbocycles. The van der Waals surface area contributed by atoms with Gasteiger partial charge in [0.1, 0.15) is 0 Å². The molecule has 0 spiro atoms. The molecule has 7 heteroatoms. The van der Waals surface area contributed by atoms with Gasteiger partial charge >= 0.3 is 0 Å². The van der Waals surface area contributed by atoms with E-state index < -0.39 is 10.3 Å². The van der Waals surface area contributed by atoms with E-state index >= 15 is 0 Å². The van der Waals surface area contributed by atoms with E-state index in [-0.39, 0.29) is 38.7 Å². The first-order valence-corrected chi connectivity index (χ1v) is 5.70. The molecule has 0 aliphatic carbocycles. The molecule has 1 aromatic rings. The van der Waals surface area contributed by atoms with Crippen LogP contribution >= 0.6 is 0 Å². The lowest BCUT2D eigenvalue weighted by atomic mass is 9.93. The monoisotopic (exact) mass is 271 g/mol. The van der Waals surface area contributed by atoms with Gasteiger partial charge in [0.25, 0.3) is 5.69 Å². The van der Waals surface area contributed by atoms with Crippen molar-refractivity contribution in [2.45, 2.75) is 6.61 Å². The van der Waals surface area contributed by atoms with Gasteiger partial charge in [0.05, 0.1) is 43.4 Å². The number of non-ortho nitro benzene ring substituents is 1. The van der Waals surface area contributed by atoms with Crippen molar-refractivity contribution in [3.8, 4) is 0 Å². The third kappa shape index (κ3) is 4.25. The van der Waals surface area contributed by atoms with Crippen molar-refractivity contribution in [1.82, 2.24) is 0 Å². The molecule has 0 saturated carbocycles. The lowest BCUT2D eigenvalue weighted by Gasteiger charge is -2.26. The third-order valence-electron chi connectivity index (χ3n) is 2.83. The first kappa shape index (κ1) is 15.5.